The van der Waals surface area contributed by atoms with Crippen molar-refractivity contribution in [2.45, 2.75) is 6.04 Å². The number of imidazole rings is 1. The smallest absolute Gasteiger partial charge is 0.145 e. The lowest BCUT2D eigenvalue weighted by Crippen LogP contribution is -2.21. The fourth-order valence-electron chi connectivity index (χ4n) is 10.1. The van der Waals surface area contributed by atoms with Gasteiger partial charge in [0.2, 0.25) is 0 Å². The summed E-state index contributed by atoms with van der Waals surface area (Å²) in [4.78, 5) is 12.4. The topological polar surface area (TPSA) is 38.4 Å². The lowest BCUT2D eigenvalue weighted by molar-refractivity contribution is 0.550. The molecule has 0 amide bonds. The highest BCUT2D eigenvalue weighted by atomic mass is 15.2. The maximum atomic E-state index is 5.18. The van der Waals surface area contributed by atoms with Crippen molar-refractivity contribution in [2.24, 2.45) is 4.99 Å². The van der Waals surface area contributed by atoms with Crippen molar-refractivity contribution in [3.05, 3.63) is 236 Å². The Kier molecular flexibility index (Phi) is 8.59. The minimum atomic E-state index is 0.139. The van der Waals surface area contributed by atoms with Gasteiger partial charge in [0.1, 0.15) is 11.7 Å². The fourth-order valence-corrected chi connectivity index (χ4v) is 10.1. The zero-order valence-electron chi connectivity index (χ0n) is 35.5. The van der Waals surface area contributed by atoms with Gasteiger partial charge < -0.3 is 9.47 Å². The lowest BCUT2D eigenvalue weighted by Gasteiger charge is -2.16. The number of aromatic nitrogens is 3. The van der Waals surface area contributed by atoms with E-state index in [0.29, 0.717) is 0 Å². The van der Waals surface area contributed by atoms with Crippen LogP contribution < -0.4 is 0 Å². The number of amidine groups is 1. The van der Waals surface area contributed by atoms with E-state index in [4.69, 9.17) is 9.98 Å². The van der Waals surface area contributed by atoms with Crippen molar-refractivity contribution >= 4 is 49.3 Å². The van der Waals surface area contributed by atoms with Gasteiger partial charge in [-0.1, -0.05) is 146 Å². The first kappa shape index (κ1) is 37.1. The number of allylic oxidation sites excluding steroid dienone is 2. The largest absolute Gasteiger partial charge is 0.331 e. The molecule has 0 aliphatic carbocycles. The van der Waals surface area contributed by atoms with Crippen molar-refractivity contribution in [3.8, 4) is 56.3 Å². The van der Waals surface area contributed by atoms with Crippen molar-refractivity contribution in [2.75, 3.05) is 6.54 Å². The van der Waals surface area contributed by atoms with E-state index in [1.807, 2.05) is 0 Å². The highest BCUT2D eigenvalue weighted by Gasteiger charge is 2.25. The van der Waals surface area contributed by atoms with Crippen LogP contribution >= 0.6 is 0 Å². The Labute approximate surface area is 376 Å². The van der Waals surface area contributed by atoms with Crippen LogP contribution in [-0.2, 0) is 0 Å². The van der Waals surface area contributed by atoms with E-state index >= 15 is 0 Å². The molecule has 2 aliphatic heterocycles. The van der Waals surface area contributed by atoms with Gasteiger partial charge in [0.25, 0.3) is 0 Å². The van der Waals surface area contributed by atoms with Crippen LogP contribution in [0, 0.1) is 0 Å². The third-order valence-corrected chi connectivity index (χ3v) is 13.2. The maximum Gasteiger partial charge on any atom is 0.145 e. The van der Waals surface area contributed by atoms with Crippen molar-refractivity contribution in [1.29, 1.82) is 0 Å². The molecule has 11 aromatic rings. The van der Waals surface area contributed by atoms with E-state index in [1.54, 1.807) is 0 Å². The maximum absolute atomic E-state index is 5.18. The zero-order valence-corrected chi connectivity index (χ0v) is 35.5. The first-order chi connectivity index (χ1) is 32.2. The molecule has 0 N–H and O–H groups in total. The lowest BCUT2D eigenvalue weighted by atomic mass is 9.94. The summed E-state index contributed by atoms with van der Waals surface area (Å²) in [6.07, 6.45) is 8.32. The van der Waals surface area contributed by atoms with Crippen LogP contribution in [0.5, 0.6) is 0 Å². The number of benzene rings is 9. The van der Waals surface area contributed by atoms with Gasteiger partial charge in [0.15, 0.2) is 0 Å². The Morgan fingerprint density at radius 1 is 0.446 bits per heavy atom. The quantitative estimate of drug-likeness (QED) is 0.150. The molecule has 0 radical (unpaired) electrons. The summed E-state index contributed by atoms with van der Waals surface area (Å²) in [6.45, 7) is 0.875. The molecule has 0 saturated heterocycles. The van der Waals surface area contributed by atoms with Crippen LogP contribution in [0.4, 0.5) is 0 Å². The van der Waals surface area contributed by atoms with Gasteiger partial charge >= 0.3 is 0 Å². The van der Waals surface area contributed by atoms with Gasteiger partial charge in [0, 0.05) is 34.1 Å². The van der Waals surface area contributed by atoms with Gasteiger partial charge in [-0.3, -0.25) is 9.56 Å². The molecule has 2 aromatic heterocycles. The predicted octanol–water partition coefficient (Wildman–Crippen LogP) is 14.8. The van der Waals surface area contributed by atoms with Gasteiger partial charge in [-0.15, -0.1) is 0 Å². The van der Waals surface area contributed by atoms with E-state index in [9.17, 15) is 0 Å². The molecule has 0 saturated carbocycles. The highest BCUT2D eigenvalue weighted by Crippen LogP contribution is 2.45. The molecule has 9 aromatic carbocycles. The number of nitrogens with zero attached hydrogens (tertiary/aromatic N) is 5. The van der Waals surface area contributed by atoms with Gasteiger partial charge in [0.05, 0.1) is 34.8 Å². The number of hydrogen-bond acceptors (Lipinski definition) is 3. The minimum Gasteiger partial charge on any atom is -0.331 e. The second kappa shape index (κ2) is 15.1. The number of para-hydroxylation sites is 3. The minimum absolute atomic E-state index is 0.139. The Bertz CT molecular complexity index is 3710. The average Bonchev–Trinajstić information content (AvgIpc) is 4.09. The Morgan fingerprint density at radius 3 is 1.88 bits per heavy atom. The van der Waals surface area contributed by atoms with E-state index in [-0.39, 0.29) is 6.04 Å². The summed E-state index contributed by atoms with van der Waals surface area (Å²) < 4.78 is 4.73. The molecule has 2 aliphatic rings. The number of fused-ring (bicyclic) bond motifs is 6. The van der Waals surface area contributed by atoms with Crippen LogP contribution in [0.1, 0.15) is 11.6 Å². The van der Waals surface area contributed by atoms with Crippen molar-refractivity contribution < 1.29 is 0 Å². The fraction of sp³-hybridized carbons (Fsp3) is 0.0333. The van der Waals surface area contributed by atoms with Crippen LogP contribution in [-0.4, -0.2) is 31.4 Å². The van der Waals surface area contributed by atoms with E-state index in [2.05, 4.69) is 245 Å². The summed E-state index contributed by atoms with van der Waals surface area (Å²) >= 11 is 0. The second-order valence-electron chi connectivity index (χ2n) is 17.0. The summed E-state index contributed by atoms with van der Waals surface area (Å²) in [7, 11) is 0. The summed E-state index contributed by atoms with van der Waals surface area (Å²) in [6, 6.07) is 75.0. The Hall–Kier alpha value is -8.54. The Morgan fingerprint density at radius 2 is 1.11 bits per heavy atom. The monoisotopic (exact) mass is 831 g/mol. The number of hydrogen-bond donors (Lipinski definition) is 0. The van der Waals surface area contributed by atoms with E-state index < -0.39 is 0 Å². The van der Waals surface area contributed by atoms with E-state index in [1.165, 1.54) is 54.7 Å². The molecule has 1 atom stereocenters. The zero-order chi connectivity index (χ0) is 42.8. The molecule has 65 heavy (non-hydrogen) atoms. The van der Waals surface area contributed by atoms with Crippen molar-refractivity contribution in [3.63, 3.8) is 0 Å². The normalized spacial score (nSPS) is 14.5. The SMILES string of the molecule is C1=CC2=NC(c3ccc(-c4ccc5c(ccc6cc7c(cc65)c(-c5ccccc5)c(-c5ccccc5)n7-c5ccc(-c6nc7ccccc7n6-c6ccccc6)cc5)c4)cc3)CN2C=C1. The summed E-state index contributed by atoms with van der Waals surface area (Å²) in [5, 5.41) is 6.11. The molecular formula is C60H41N5. The molecule has 13 rings (SSSR count). The molecule has 306 valence electrons. The third kappa shape index (κ3) is 6.23. The highest BCUT2D eigenvalue weighted by molar-refractivity contribution is 6.17. The second-order valence-corrected chi connectivity index (χ2v) is 17.0. The number of aliphatic imine (C=N–C) groups is 1. The molecule has 5 nitrogen and oxygen atoms in total. The Balaban J connectivity index is 0.955. The molecule has 0 bridgehead atoms. The van der Waals surface area contributed by atoms with Crippen molar-refractivity contribution in [1.82, 2.24) is 19.0 Å². The molecule has 5 heteroatoms. The van der Waals surface area contributed by atoms with Gasteiger partial charge in [-0.25, -0.2) is 4.98 Å². The molecular weight excluding hydrogens is 791 g/mol. The molecule has 1 unspecified atom stereocenters. The van der Waals surface area contributed by atoms with Gasteiger partial charge in [-0.05, 0) is 128 Å². The third-order valence-electron chi connectivity index (χ3n) is 13.2. The van der Waals surface area contributed by atoms with Crippen LogP contribution in [0.2, 0.25) is 0 Å². The first-order valence-electron chi connectivity index (χ1n) is 22.3. The summed E-state index contributed by atoms with van der Waals surface area (Å²) in [5.74, 6) is 1.95. The molecule has 0 fully saturated rings. The van der Waals surface area contributed by atoms with E-state index in [0.717, 1.165) is 63.0 Å². The standard InChI is InChI=1S/C60H41N5/c1-4-14-42(15-5-1)58-52-38-51-47(28-27-46-36-45(31-34-50(46)51)40-23-25-41(26-24-40)54-39-63-35-13-12-22-57(63)61-54)37-56(52)64(59(58)43-16-6-2-7-17-43)49-32-29-44(30-33-49)60-62-53-20-10-11-21-55(53)65(60)48-18-8-3-9-19-48/h1-38,54H,39H2. The number of rotatable bonds is 7. The van der Waals surface area contributed by atoms with Crippen LogP contribution in [0.3, 0.4) is 0 Å². The predicted molar refractivity (Wildman–Crippen MR) is 270 cm³/mol. The van der Waals surface area contributed by atoms with Crippen LogP contribution in [0.25, 0.3) is 99.8 Å². The van der Waals surface area contributed by atoms with Crippen LogP contribution in [0.15, 0.2) is 236 Å². The average molecular weight is 832 g/mol. The first-order valence-corrected chi connectivity index (χ1v) is 22.3. The van der Waals surface area contributed by atoms with Gasteiger partial charge in [-0.2, -0.15) is 0 Å². The molecule has 4 heterocycles. The molecule has 0 spiro atoms. The summed E-state index contributed by atoms with van der Waals surface area (Å²) in [5.41, 5.74) is 14.8.